The Bertz CT molecular complexity index is 1030. The van der Waals surface area contributed by atoms with Gasteiger partial charge in [0.1, 0.15) is 0 Å². The molecule has 1 aliphatic heterocycles. The maximum absolute atomic E-state index is 12.5. The first-order valence-corrected chi connectivity index (χ1v) is 8.20. The number of aromatic nitrogens is 3. The van der Waals surface area contributed by atoms with E-state index in [1.807, 2.05) is 24.3 Å². The molecule has 6 nitrogen and oxygen atoms in total. The Morgan fingerprint density at radius 1 is 1.12 bits per heavy atom. The first-order valence-electron chi connectivity index (χ1n) is 8.20. The summed E-state index contributed by atoms with van der Waals surface area (Å²) in [5.74, 6) is 0.855. The zero-order chi connectivity index (χ0) is 16.3. The molecule has 1 fully saturated rings. The molecule has 3 heterocycles. The van der Waals surface area contributed by atoms with Crippen molar-refractivity contribution in [3.8, 4) is 0 Å². The summed E-state index contributed by atoms with van der Waals surface area (Å²) in [5, 5.41) is 10.9. The lowest BCUT2D eigenvalue weighted by atomic mass is 9.87. The molecule has 2 aromatic heterocycles. The highest BCUT2D eigenvalue weighted by Gasteiger charge is 2.37. The van der Waals surface area contributed by atoms with Crippen molar-refractivity contribution >= 4 is 22.6 Å². The number of carbonyl (C=O) groups is 1. The number of nitrogens with one attached hydrogen (secondary N) is 3. The average Bonchev–Trinajstić information content (AvgIpc) is 3.34. The van der Waals surface area contributed by atoms with Gasteiger partial charge in [0.25, 0.3) is 0 Å². The Hall–Kier alpha value is -2.89. The molecular formula is C18H16N4O2. The number of anilines is 1. The van der Waals surface area contributed by atoms with Gasteiger partial charge >= 0.3 is 0 Å². The number of para-hydroxylation sites is 1. The van der Waals surface area contributed by atoms with Crippen LogP contribution in [0.4, 0.5) is 5.82 Å². The predicted molar refractivity (Wildman–Crippen MR) is 90.2 cm³/mol. The second-order valence-electron chi connectivity index (χ2n) is 6.61. The molecule has 24 heavy (non-hydrogen) atoms. The predicted octanol–water partition coefficient (Wildman–Crippen LogP) is 2.60. The molecule has 2 aliphatic rings. The summed E-state index contributed by atoms with van der Waals surface area (Å²) in [6, 6.07) is 9.07. The van der Waals surface area contributed by atoms with E-state index in [0.717, 1.165) is 35.3 Å². The van der Waals surface area contributed by atoms with Crippen molar-refractivity contribution in [1.29, 1.82) is 0 Å². The van der Waals surface area contributed by atoms with E-state index in [-0.39, 0.29) is 17.3 Å². The van der Waals surface area contributed by atoms with Crippen molar-refractivity contribution in [2.24, 2.45) is 0 Å². The number of pyridine rings is 1. The third kappa shape index (κ3) is 1.99. The van der Waals surface area contributed by atoms with Gasteiger partial charge in [0.2, 0.25) is 5.91 Å². The number of carbonyl (C=O) groups excluding carboxylic acids is 1. The number of hydrogen-bond donors (Lipinski definition) is 3. The Kier molecular flexibility index (Phi) is 2.71. The molecule has 120 valence electrons. The number of rotatable bonds is 2. The van der Waals surface area contributed by atoms with Crippen LogP contribution in [0.2, 0.25) is 0 Å². The molecule has 6 heteroatoms. The lowest BCUT2D eigenvalue weighted by Crippen LogP contribution is -2.25. The van der Waals surface area contributed by atoms with E-state index in [9.17, 15) is 9.59 Å². The second-order valence-corrected chi connectivity index (χ2v) is 6.61. The Labute approximate surface area is 137 Å². The van der Waals surface area contributed by atoms with Gasteiger partial charge in [0, 0.05) is 52.2 Å². The van der Waals surface area contributed by atoms with Crippen LogP contribution < -0.4 is 10.7 Å². The molecule has 1 saturated carbocycles. The quantitative estimate of drug-likeness (QED) is 0.678. The number of hydrogen-bond acceptors (Lipinski definition) is 3. The normalized spacial score (nSPS) is 20.0. The number of H-pyrrole nitrogens is 2. The van der Waals surface area contributed by atoms with Gasteiger partial charge in [0.05, 0.1) is 0 Å². The molecule has 1 unspecified atom stereocenters. The van der Waals surface area contributed by atoms with Gasteiger partial charge in [-0.25, -0.2) is 0 Å². The first kappa shape index (κ1) is 13.5. The zero-order valence-corrected chi connectivity index (χ0v) is 12.9. The molecule has 0 saturated heterocycles. The van der Waals surface area contributed by atoms with E-state index in [2.05, 4.69) is 20.5 Å². The van der Waals surface area contributed by atoms with Gasteiger partial charge in [0.15, 0.2) is 11.2 Å². The minimum absolute atomic E-state index is 0.0247. The van der Waals surface area contributed by atoms with Crippen LogP contribution in [0, 0.1) is 0 Å². The van der Waals surface area contributed by atoms with Crippen LogP contribution in [0.25, 0.3) is 10.9 Å². The Morgan fingerprint density at radius 3 is 2.79 bits per heavy atom. The number of aromatic amines is 2. The molecule has 3 N–H and O–H groups in total. The summed E-state index contributed by atoms with van der Waals surface area (Å²) in [7, 11) is 0. The van der Waals surface area contributed by atoms with Gasteiger partial charge in [-0.15, -0.1) is 0 Å². The third-order valence-electron chi connectivity index (χ3n) is 4.95. The Balaban J connectivity index is 1.71. The highest BCUT2D eigenvalue weighted by Crippen LogP contribution is 2.47. The van der Waals surface area contributed by atoms with E-state index >= 15 is 0 Å². The highest BCUT2D eigenvalue weighted by molar-refractivity contribution is 5.94. The van der Waals surface area contributed by atoms with Gasteiger partial charge in [-0.3, -0.25) is 14.7 Å². The van der Waals surface area contributed by atoms with Gasteiger partial charge < -0.3 is 10.3 Å². The molecule has 1 aromatic carbocycles. The monoisotopic (exact) mass is 320 g/mol. The summed E-state index contributed by atoms with van der Waals surface area (Å²) < 4.78 is 0. The smallest absolute Gasteiger partial charge is 0.226 e. The topological polar surface area (TPSA) is 90.6 Å². The standard InChI is InChI=1S/C18H16N4O2/c23-14-8-13(19-12-4-2-1-3-10(12)14)11-7-15(24)20-18-16(11)17(21-22-18)9-5-6-9/h1-4,8-9,11H,5-7H2,(H,19,23)(H2,20,21,22,24). The van der Waals surface area contributed by atoms with Crippen LogP contribution in [0.3, 0.4) is 0 Å². The third-order valence-corrected chi connectivity index (χ3v) is 4.95. The molecule has 1 amide bonds. The van der Waals surface area contributed by atoms with Crippen LogP contribution in [-0.4, -0.2) is 21.1 Å². The molecule has 3 aromatic rings. The van der Waals surface area contributed by atoms with Crippen molar-refractivity contribution in [1.82, 2.24) is 15.2 Å². The van der Waals surface area contributed by atoms with Crippen molar-refractivity contribution in [2.75, 3.05) is 5.32 Å². The fourth-order valence-electron chi connectivity index (χ4n) is 3.64. The van der Waals surface area contributed by atoms with Crippen LogP contribution in [0.15, 0.2) is 35.1 Å². The lowest BCUT2D eigenvalue weighted by Gasteiger charge is -2.23. The van der Waals surface area contributed by atoms with E-state index < -0.39 is 0 Å². The maximum Gasteiger partial charge on any atom is 0.226 e. The number of benzene rings is 1. The van der Waals surface area contributed by atoms with E-state index in [1.165, 1.54) is 0 Å². The van der Waals surface area contributed by atoms with E-state index in [1.54, 1.807) is 6.07 Å². The maximum atomic E-state index is 12.5. The first-order chi connectivity index (χ1) is 11.7. The number of fused-ring (bicyclic) bond motifs is 2. The fraction of sp³-hybridized carbons (Fsp3) is 0.278. The summed E-state index contributed by atoms with van der Waals surface area (Å²) >= 11 is 0. The lowest BCUT2D eigenvalue weighted by molar-refractivity contribution is -0.116. The minimum atomic E-state index is -0.166. The molecule has 1 atom stereocenters. The van der Waals surface area contributed by atoms with Crippen molar-refractivity contribution < 1.29 is 4.79 Å². The largest absolute Gasteiger partial charge is 0.358 e. The van der Waals surface area contributed by atoms with Gasteiger partial charge in [-0.05, 0) is 25.0 Å². The molecule has 0 radical (unpaired) electrons. The van der Waals surface area contributed by atoms with E-state index in [0.29, 0.717) is 23.5 Å². The molecule has 0 spiro atoms. The summed E-state index contributed by atoms with van der Waals surface area (Å²) in [5.41, 5.74) is 3.68. The number of amides is 1. The Morgan fingerprint density at radius 2 is 1.96 bits per heavy atom. The van der Waals surface area contributed by atoms with Crippen molar-refractivity contribution in [2.45, 2.75) is 31.1 Å². The van der Waals surface area contributed by atoms with Crippen molar-refractivity contribution in [3.05, 3.63) is 57.5 Å². The van der Waals surface area contributed by atoms with E-state index in [4.69, 9.17) is 0 Å². The second kappa shape index (κ2) is 4.80. The molecular weight excluding hydrogens is 304 g/mol. The summed E-state index contributed by atoms with van der Waals surface area (Å²) in [6.45, 7) is 0. The SMILES string of the molecule is O=C1CC(c2cc(=O)c3ccccc3[nH]2)c2c(n[nH]c2C2CC2)N1. The zero-order valence-electron chi connectivity index (χ0n) is 12.9. The van der Waals surface area contributed by atoms with Gasteiger partial charge in [-0.2, -0.15) is 5.10 Å². The highest BCUT2D eigenvalue weighted by atomic mass is 16.1. The van der Waals surface area contributed by atoms with Gasteiger partial charge in [-0.1, -0.05) is 12.1 Å². The minimum Gasteiger partial charge on any atom is -0.358 e. The average molecular weight is 320 g/mol. The molecule has 0 bridgehead atoms. The van der Waals surface area contributed by atoms with Crippen molar-refractivity contribution in [3.63, 3.8) is 0 Å². The van der Waals surface area contributed by atoms with Crippen LogP contribution in [0.5, 0.6) is 0 Å². The fourth-order valence-corrected chi connectivity index (χ4v) is 3.64. The number of nitrogens with zero attached hydrogens (tertiary/aromatic N) is 1. The summed E-state index contributed by atoms with van der Waals surface area (Å²) in [6.07, 6.45) is 2.60. The van der Waals surface area contributed by atoms with Crippen LogP contribution in [0.1, 0.15) is 48.0 Å². The van der Waals surface area contributed by atoms with Crippen LogP contribution in [-0.2, 0) is 4.79 Å². The van der Waals surface area contributed by atoms with Crippen LogP contribution >= 0.6 is 0 Å². The molecule has 5 rings (SSSR count). The summed E-state index contributed by atoms with van der Waals surface area (Å²) in [4.78, 5) is 27.9. The molecule has 1 aliphatic carbocycles.